The van der Waals surface area contributed by atoms with E-state index < -0.39 is 22.6 Å². The minimum Gasteiger partial charge on any atom is -0.452 e. The van der Waals surface area contributed by atoms with Crippen molar-refractivity contribution in [1.29, 1.82) is 0 Å². The molecule has 2 atom stereocenters. The number of sulfonamides is 1. The average molecular weight is 417 g/mol. The van der Waals surface area contributed by atoms with Crippen molar-refractivity contribution < 1.29 is 22.7 Å². The van der Waals surface area contributed by atoms with Crippen LogP contribution < -0.4 is 5.32 Å². The van der Waals surface area contributed by atoms with Gasteiger partial charge in [0.25, 0.3) is 5.91 Å². The number of hydrogen-bond acceptors (Lipinski definition) is 5. The van der Waals surface area contributed by atoms with Gasteiger partial charge in [-0.25, -0.2) is 17.5 Å². The molecule has 1 aromatic rings. The maximum absolute atomic E-state index is 12.3. The summed E-state index contributed by atoms with van der Waals surface area (Å²) in [6, 6.07) is 3.87. The average Bonchev–Trinajstić information content (AvgIpc) is 2.61. The molecule has 1 amide bonds. The molecule has 7 nitrogen and oxygen atoms in total. The minimum absolute atomic E-state index is 0.0546. The Labute approximate surface area is 165 Å². The van der Waals surface area contributed by atoms with E-state index in [1.807, 2.05) is 0 Å². The van der Waals surface area contributed by atoms with Gasteiger partial charge in [0.05, 0.1) is 15.5 Å². The van der Waals surface area contributed by atoms with Gasteiger partial charge in [-0.1, -0.05) is 31.4 Å². The molecule has 0 radical (unpaired) electrons. The molecule has 9 heteroatoms. The lowest BCUT2D eigenvalue weighted by Crippen LogP contribution is -2.42. The van der Waals surface area contributed by atoms with Crippen molar-refractivity contribution in [2.24, 2.45) is 5.92 Å². The van der Waals surface area contributed by atoms with Crippen LogP contribution in [0.5, 0.6) is 0 Å². The van der Waals surface area contributed by atoms with Gasteiger partial charge in [0, 0.05) is 20.1 Å². The van der Waals surface area contributed by atoms with E-state index in [0.717, 1.165) is 36.1 Å². The molecule has 1 aliphatic rings. The van der Waals surface area contributed by atoms with E-state index in [9.17, 15) is 18.0 Å². The van der Waals surface area contributed by atoms with E-state index in [1.54, 1.807) is 0 Å². The molecule has 150 valence electrons. The van der Waals surface area contributed by atoms with Crippen molar-refractivity contribution in [1.82, 2.24) is 9.62 Å². The van der Waals surface area contributed by atoms with Crippen molar-refractivity contribution >= 4 is 33.5 Å². The molecule has 2 rings (SSSR count). The highest BCUT2D eigenvalue weighted by molar-refractivity contribution is 7.89. The summed E-state index contributed by atoms with van der Waals surface area (Å²) >= 11 is 6.00. The summed E-state index contributed by atoms with van der Waals surface area (Å²) in [7, 11) is -0.944. The lowest BCUT2D eigenvalue weighted by molar-refractivity contribution is -0.125. The molecule has 0 heterocycles. The zero-order valence-electron chi connectivity index (χ0n) is 15.7. The van der Waals surface area contributed by atoms with Crippen molar-refractivity contribution in [3.05, 3.63) is 28.8 Å². The molecule has 0 aromatic heterocycles. The maximum Gasteiger partial charge on any atom is 0.340 e. The van der Waals surface area contributed by atoms with Gasteiger partial charge < -0.3 is 10.1 Å². The molecule has 1 N–H and O–H groups in total. The summed E-state index contributed by atoms with van der Waals surface area (Å²) in [5.74, 6) is -0.835. The third kappa shape index (κ3) is 5.43. The standard InChI is InChI=1S/C18H25ClN2O5S/c1-12-6-4-5-7-16(12)20-17(22)11-26-18(23)14-10-13(8-9-15(14)19)27(24,25)21(2)3/h8-10,12,16H,4-7,11H2,1-3H3,(H,20,22)/t12-,16-/m1/s1. The van der Waals surface area contributed by atoms with Gasteiger partial charge in [0.2, 0.25) is 10.0 Å². The first-order chi connectivity index (χ1) is 12.6. The van der Waals surface area contributed by atoms with Gasteiger partial charge in [-0.3, -0.25) is 4.79 Å². The summed E-state index contributed by atoms with van der Waals surface area (Å²) in [4.78, 5) is 24.3. The second kappa shape index (κ2) is 9.03. The highest BCUT2D eigenvalue weighted by atomic mass is 35.5. The van der Waals surface area contributed by atoms with Crippen LogP contribution in [0.4, 0.5) is 0 Å². The zero-order valence-corrected chi connectivity index (χ0v) is 17.3. The van der Waals surface area contributed by atoms with Crippen LogP contribution in [0.1, 0.15) is 43.0 Å². The third-order valence-corrected chi connectivity index (χ3v) is 6.87. The summed E-state index contributed by atoms with van der Waals surface area (Å²) in [5.41, 5.74) is -0.0987. The van der Waals surface area contributed by atoms with E-state index >= 15 is 0 Å². The molecule has 1 saturated carbocycles. The first kappa shape index (κ1) is 21.7. The second-order valence-electron chi connectivity index (χ2n) is 6.94. The Balaban J connectivity index is 2.02. The van der Waals surface area contributed by atoms with Crippen LogP contribution in [0.15, 0.2) is 23.1 Å². The molecule has 0 spiro atoms. The third-order valence-electron chi connectivity index (χ3n) is 4.73. The summed E-state index contributed by atoms with van der Waals surface area (Å²) < 4.78 is 30.5. The van der Waals surface area contributed by atoms with Gasteiger partial charge >= 0.3 is 5.97 Å². The predicted molar refractivity (Wildman–Crippen MR) is 102 cm³/mol. The van der Waals surface area contributed by atoms with Gasteiger partial charge in [-0.05, 0) is 37.0 Å². The van der Waals surface area contributed by atoms with Crippen LogP contribution in [-0.4, -0.2) is 51.3 Å². The molecule has 0 aliphatic heterocycles. The Morgan fingerprint density at radius 3 is 2.56 bits per heavy atom. The molecule has 1 aliphatic carbocycles. The van der Waals surface area contributed by atoms with Crippen molar-refractivity contribution in [2.75, 3.05) is 20.7 Å². The monoisotopic (exact) mass is 416 g/mol. The van der Waals surface area contributed by atoms with Crippen molar-refractivity contribution in [3.8, 4) is 0 Å². The van der Waals surface area contributed by atoms with Crippen LogP contribution in [0.3, 0.4) is 0 Å². The first-order valence-corrected chi connectivity index (χ1v) is 10.6. The van der Waals surface area contributed by atoms with Crippen LogP contribution in [-0.2, 0) is 19.6 Å². The lowest BCUT2D eigenvalue weighted by Gasteiger charge is -2.29. The van der Waals surface area contributed by atoms with Gasteiger partial charge in [0.15, 0.2) is 6.61 Å². The number of halogens is 1. The maximum atomic E-state index is 12.3. The fourth-order valence-corrected chi connectivity index (χ4v) is 4.14. The number of nitrogens with zero attached hydrogens (tertiary/aromatic N) is 1. The highest BCUT2D eigenvalue weighted by Gasteiger charge is 2.24. The quantitative estimate of drug-likeness (QED) is 0.719. The Bertz CT molecular complexity index is 810. The van der Waals surface area contributed by atoms with E-state index in [4.69, 9.17) is 16.3 Å². The van der Waals surface area contributed by atoms with Crippen molar-refractivity contribution in [3.63, 3.8) is 0 Å². The topological polar surface area (TPSA) is 92.8 Å². The number of nitrogens with one attached hydrogen (secondary N) is 1. The molecular formula is C18H25ClN2O5S. The fraction of sp³-hybridized carbons (Fsp3) is 0.556. The van der Waals surface area contributed by atoms with E-state index in [0.29, 0.717) is 5.92 Å². The van der Waals surface area contributed by atoms with Gasteiger partial charge in [-0.15, -0.1) is 0 Å². The van der Waals surface area contributed by atoms with E-state index in [1.165, 1.54) is 26.2 Å². The normalized spacial score (nSPS) is 20.3. The smallest absolute Gasteiger partial charge is 0.340 e. The molecule has 27 heavy (non-hydrogen) atoms. The number of ether oxygens (including phenoxy) is 1. The number of amides is 1. The Hall–Kier alpha value is -1.64. The van der Waals surface area contributed by atoms with E-state index in [-0.39, 0.29) is 27.4 Å². The number of carbonyl (C=O) groups is 2. The van der Waals surface area contributed by atoms with E-state index in [2.05, 4.69) is 12.2 Å². The van der Waals surface area contributed by atoms with Crippen molar-refractivity contribution in [2.45, 2.75) is 43.5 Å². The Morgan fingerprint density at radius 2 is 1.93 bits per heavy atom. The van der Waals surface area contributed by atoms with Gasteiger partial charge in [0.1, 0.15) is 0 Å². The molecule has 1 fully saturated rings. The zero-order chi connectivity index (χ0) is 20.2. The van der Waals surface area contributed by atoms with Crippen LogP contribution >= 0.6 is 11.6 Å². The molecule has 0 saturated heterocycles. The largest absolute Gasteiger partial charge is 0.452 e. The minimum atomic E-state index is -3.72. The van der Waals surface area contributed by atoms with Crippen LogP contribution in [0.25, 0.3) is 0 Å². The SMILES string of the molecule is C[C@@H]1CCCC[C@H]1NC(=O)COC(=O)c1cc(S(=O)(=O)N(C)C)ccc1Cl. The number of rotatable bonds is 6. The number of hydrogen-bond donors (Lipinski definition) is 1. The molecular weight excluding hydrogens is 392 g/mol. The first-order valence-electron chi connectivity index (χ1n) is 8.81. The summed E-state index contributed by atoms with van der Waals surface area (Å²) in [6.45, 7) is 1.65. The Kier molecular flexibility index (Phi) is 7.25. The lowest BCUT2D eigenvalue weighted by atomic mass is 9.86. The summed E-state index contributed by atoms with van der Waals surface area (Å²) in [6.07, 6.45) is 4.20. The van der Waals surface area contributed by atoms with Crippen LogP contribution in [0.2, 0.25) is 5.02 Å². The predicted octanol–water partition coefficient (Wildman–Crippen LogP) is 2.44. The number of carbonyl (C=O) groups excluding carboxylic acids is 2. The molecule has 0 unspecified atom stereocenters. The van der Waals surface area contributed by atoms with Crippen LogP contribution in [0, 0.1) is 5.92 Å². The fourth-order valence-electron chi connectivity index (χ4n) is 3.02. The van der Waals surface area contributed by atoms with Gasteiger partial charge in [-0.2, -0.15) is 0 Å². The highest BCUT2D eigenvalue weighted by Crippen LogP contribution is 2.24. The molecule has 0 bridgehead atoms. The Morgan fingerprint density at radius 1 is 1.26 bits per heavy atom. The molecule has 1 aromatic carbocycles. The second-order valence-corrected chi connectivity index (χ2v) is 9.50. The summed E-state index contributed by atoms with van der Waals surface area (Å²) in [5, 5.41) is 2.94. The number of benzene rings is 1. The number of esters is 1.